The molecule has 0 aromatic heterocycles. The molecule has 1 aromatic rings. The first kappa shape index (κ1) is 13.0. The third kappa shape index (κ3) is 3.50. The second-order valence-electron chi connectivity index (χ2n) is 4.83. The number of rotatable bonds is 6. The van der Waals surface area contributed by atoms with E-state index < -0.39 is 0 Å². The predicted molar refractivity (Wildman–Crippen MR) is 72.4 cm³/mol. The number of nitrogens with one attached hydrogen (secondary N) is 1. The molecule has 98 valence electrons. The standard InChI is InChI=1S/C15H21NO2/c1-2-15(12-5-6-12)16-13(10-17)9-11-3-7-14(18)8-4-11/h3-4,7-8,13,16-18H,2,5-6,9-10H2,1H3. The Labute approximate surface area is 108 Å². The number of aliphatic hydroxyl groups excluding tert-OH is 1. The van der Waals surface area contributed by atoms with Crippen LogP contribution in [0.15, 0.2) is 35.5 Å². The van der Waals surface area contributed by atoms with Crippen LogP contribution in [0.25, 0.3) is 0 Å². The minimum atomic E-state index is 0.0533. The zero-order valence-corrected chi connectivity index (χ0v) is 10.8. The molecule has 3 heteroatoms. The van der Waals surface area contributed by atoms with E-state index in [0.29, 0.717) is 0 Å². The van der Waals surface area contributed by atoms with Gasteiger partial charge in [-0.15, -0.1) is 0 Å². The minimum Gasteiger partial charge on any atom is -0.508 e. The molecule has 1 aliphatic carbocycles. The fraction of sp³-hybridized carbons (Fsp3) is 0.467. The Hall–Kier alpha value is -1.48. The largest absolute Gasteiger partial charge is 0.508 e. The molecule has 0 bridgehead atoms. The molecule has 0 heterocycles. The molecule has 0 radical (unpaired) electrons. The second-order valence-corrected chi connectivity index (χ2v) is 4.83. The molecule has 3 N–H and O–H groups in total. The van der Waals surface area contributed by atoms with Crippen molar-refractivity contribution in [3.05, 3.63) is 41.1 Å². The highest BCUT2D eigenvalue weighted by Gasteiger charge is 2.18. The zero-order chi connectivity index (χ0) is 13.0. The number of benzene rings is 1. The molecule has 1 saturated carbocycles. The van der Waals surface area contributed by atoms with Crippen molar-refractivity contribution in [1.29, 1.82) is 0 Å². The van der Waals surface area contributed by atoms with Gasteiger partial charge in [-0.3, -0.25) is 0 Å². The summed E-state index contributed by atoms with van der Waals surface area (Å²) in [5.74, 6) is 0.279. The molecular weight excluding hydrogens is 226 g/mol. The van der Waals surface area contributed by atoms with E-state index in [1.54, 1.807) is 12.1 Å². The number of hydrogen-bond donors (Lipinski definition) is 3. The van der Waals surface area contributed by atoms with Crippen molar-refractivity contribution < 1.29 is 10.2 Å². The predicted octanol–water partition coefficient (Wildman–Crippen LogP) is 2.34. The van der Waals surface area contributed by atoms with Gasteiger partial charge in [0.05, 0.1) is 12.6 Å². The summed E-state index contributed by atoms with van der Waals surface area (Å²) in [5, 5.41) is 22.1. The molecule has 1 atom stereocenters. The summed E-state index contributed by atoms with van der Waals surface area (Å²) >= 11 is 0. The SMILES string of the molecule is CCC(NC(CO)Cc1ccc(O)cc1)=C1CC1. The van der Waals surface area contributed by atoms with E-state index in [4.69, 9.17) is 0 Å². The smallest absolute Gasteiger partial charge is 0.115 e. The van der Waals surface area contributed by atoms with Crippen LogP contribution in [0.1, 0.15) is 31.7 Å². The van der Waals surface area contributed by atoms with Crippen molar-refractivity contribution in [3.63, 3.8) is 0 Å². The summed E-state index contributed by atoms with van der Waals surface area (Å²) in [6, 6.07) is 7.22. The van der Waals surface area contributed by atoms with E-state index in [0.717, 1.165) is 18.4 Å². The Morgan fingerprint density at radius 3 is 2.44 bits per heavy atom. The highest BCUT2D eigenvalue weighted by Crippen LogP contribution is 2.31. The van der Waals surface area contributed by atoms with Gasteiger partial charge in [-0.2, -0.15) is 0 Å². The summed E-state index contributed by atoms with van der Waals surface area (Å²) in [5.41, 5.74) is 3.92. The van der Waals surface area contributed by atoms with Crippen LogP contribution in [0.3, 0.4) is 0 Å². The maximum absolute atomic E-state index is 9.45. The number of hydrogen-bond acceptors (Lipinski definition) is 3. The lowest BCUT2D eigenvalue weighted by Gasteiger charge is -2.19. The van der Waals surface area contributed by atoms with Gasteiger partial charge in [-0.1, -0.05) is 24.6 Å². The van der Waals surface area contributed by atoms with E-state index in [9.17, 15) is 10.2 Å². The Balaban J connectivity index is 1.97. The Bertz CT molecular complexity index is 417. The summed E-state index contributed by atoms with van der Waals surface area (Å²) in [6.45, 7) is 2.26. The molecule has 2 rings (SSSR count). The first-order chi connectivity index (χ1) is 8.72. The van der Waals surface area contributed by atoms with Crippen molar-refractivity contribution in [2.45, 2.75) is 38.6 Å². The van der Waals surface area contributed by atoms with Crippen LogP contribution in [0.5, 0.6) is 5.75 Å². The fourth-order valence-electron chi connectivity index (χ4n) is 2.14. The van der Waals surface area contributed by atoms with E-state index >= 15 is 0 Å². The van der Waals surface area contributed by atoms with Gasteiger partial charge in [0.15, 0.2) is 0 Å². The average molecular weight is 247 g/mol. The van der Waals surface area contributed by atoms with Crippen LogP contribution in [0.4, 0.5) is 0 Å². The van der Waals surface area contributed by atoms with E-state index in [1.807, 2.05) is 12.1 Å². The Morgan fingerprint density at radius 1 is 1.28 bits per heavy atom. The molecule has 1 unspecified atom stereocenters. The molecule has 0 aliphatic heterocycles. The summed E-state index contributed by atoms with van der Waals surface area (Å²) < 4.78 is 0. The molecule has 1 aromatic carbocycles. The third-order valence-corrected chi connectivity index (χ3v) is 3.30. The van der Waals surface area contributed by atoms with E-state index in [2.05, 4.69) is 12.2 Å². The van der Waals surface area contributed by atoms with Crippen LogP contribution < -0.4 is 5.32 Å². The van der Waals surface area contributed by atoms with Crippen molar-refractivity contribution in [3.8, 4) is 5.75 Å². The lowest BCUT2D eigenvalue weighted by atomic mass is 10.1. The molecule has 1 aliphatic rings. The molecular formula is C15H21NO2. The van der Waals surface area contributed by atoms with E-state index in [1.165, 1.54) is 24.1 Å². The quantitative estimate of drug-likeness (QED) is 0.723. The maximum atomic E-state index is 9.45. The summed E-state index contributed by atoms with van der Waals surface area (Å²) in [4.78, 5) is 0. The fourth-order valence-corrected chi connectivity index (χ4v) is 2.14. The minimum absolute atomic E-state index is 0.0533. The maximum Gasteiger partial charge on any atom is 0.115 e. The molecule has 18 heavy (non-hydrogen) atoms. The van der Waals surface area contributed by atoms with Gasteiger partial charge in [-0.25, -0.2) is 0 Å². The van der Waals surface area contributed by atoms with Gasteiger partial charge in [-0.05, 0) is 43.4 Å². The molecule has 0 saturated heterocycles. The third-order valence-electron chi connectivity index (χ3n) is 3.30. The van der Waals surface area contributed by atoms with Crippen molar-refractivity contribution in [1.82, 2.24) is 5.32 Å². The van der Waals surface area contributed by atoms with Gasteiger partial charge < -0.3 is 15.5 Å². The molecule has 0 spiro atoms. The number of phenolic OH excluding ortho intramolecular Hbond substituents is 1. The highest BCUT2D eigenvalue weighted by atomic mass is 16.3. The number of aromatic hydroxyl groups is 1. The van der Waals surface area contributed by atoms with Gasteiger partial charge in [0.1, 0.15) is 5.75 Å². The molecule has 0 amide bonds. The van der Waals surface area contributed by atoms with Gasteiger partial charge >= 0.3 is 0 Å². The molecule has 1 fully saturated rings. The van der Waals surface area contributed by atoms with E-state index in [-0.39, 0.29) is 18.4 Å². The monoisotopic (exact) mass is 247 g/mol. The zero-order valence-electron chi connectivity index (χ0n) is 10.8. The number of phenols is 1. The summed E-state index contributed by atoms with van der Waals surface area (Å²) in [7, 11) is 0. The summed E-state index contributed by atoms with van der Waals surface area (Å²) in [6.07, 6.45) is 4.18. The van der Waals surface area contributed by atoms with Crippen LogP contribution >= 0.6 is 0 Å². The first-order valence-electron chi connectivity index (χ1n) is 6.59. The van der Waals surface area contributed by atoms with Gasteiger partial charge in [0, 0.05) is 5.70 Å². The van der Waals surface area contributed by atoms with Gasteiger partial charge in [0.25, 0.3) is 0 Å². The Kier molecular flexibility index (Phi) is 4.26. The first-order valence-corrected chi connectivity index (χ1v) is 6.59. The lowest BCUT2D eigenvalue weighted by Crippen LogP contribution is -2.33. The normalized spacial score (nSPS) is 15.3. The number of aliphatic hydroxyl groups is 1. The number of allylic oxidation sites excluding steroid dienone is 2. The topological polar surface area (TPSA) is 52.5 Å². The highest BCUT2D eigenvalue weighted by molar-refractivity contribution is 5.27. The second kappa shape index (κ2) is 5.91. The van der Waals surface area contributed by atoms with Crippen molar-refractivity contribution >= 4 is 0 Å². The van der Waals surface area contributed by atoms with Crippen LogP contribution in [-0.2, 0) is 6.42 Å². The van der Waals surface area contributed by atoms with Crippen molar-refractivity contribution in [2.24, 2.45) is 0 Å². The molecule has 3 nitrogen and oxygen atoms in total. The van der Waals surface area contributed by atoms with Gasteiger partial charge in [0.2, 0.25) is 0 Å². The van der Waals surface area contributed by atoms with Crippen LogP contribution in [0, 0.1) is 0 Å². The average Bonchev–Trinajstić information content (AvgIpc) is 3.21. The van der Waals surface area contributed by atoms with Crippen molar-refractivity contribution in [2.75, 3.05) is 6.61 Å². The van der Waals surface area contributed by atoms with Crippen LogP contribution in [0.2, 0.25) is 0 Å². The Morgan fingerprint density at radius 2 is 1.94 bits per heavy atom. The lowest BCUT2D eigenvalue weighted by molar-refractivity contribution is 0.248. The van der Waals surface area contributed by atoms with Crippen LogP contribution in [-0.4, -0.2) is 22.9 Å².